The van der Waals surface area contributed by atoms with Crippen LogP contribution < -0.4 is 9.64 Å². The van der Waals surface area contributed by atoms with E-state index in [9.17, 15) is 0 Å². The fourth-order valence-corrected chi connectivity index (χ4v) is 7.62. The number of ether oxygens (including phenoxy) is 1. The average Bonchev–Trinajstić information content (AvgIpc) is 3.55. The fourth-order valence-electron chi connectivity index (χ4n) is 7.62. The number of anilines is 3. The van der Waals surface area contributed by atoms with E-state index in [1.165, 1.54) is 38.5 Å². The lowest BCUT2D eigenvalue weighted by Crippen LogP contribution is -2.09. The molecule has 0 atom stereocenters. The Morgan fingerprint density at radius 1 is 0.373 bits per heavy atom. The summed E-state index contributed by atoms with van der Waals surface area (Å²) in [6.07, 6.45) is 0. The topological polar surface area (TPSA) is 17.4 Å². The molecule has 10 rings (SSSR count). The number of hydrogen-bond donors (Lipinski definition) is 0. The first-order chi connectivity index (χ1) is 25.3. The van der Waals surface area contributed by atoms with Gasteiger partial charge in [-0.25, -0.2) is 0 Å². The van der Waals surface area contributed by atoms with Crippen LogP contribution in [0, 0.1) is 0 Å². The molecule has 0 aliphatic carbocycles. The maximum absolute atomic E-state index is 6.56. The zero-order chi connectivity index (χ0) is 33.7. The molecule has 3 nitrogen and oxygen atoms in total. The predicted octanol–water partition coefficient (Wildman–Crippen LogP) is 13.4. The second-order valence-corrected chi connectivity index (χ2v) is 13.0. The lowest BCUT2D eigenvalue weighted by atomic mass is 9.94. The van der Waals surface area contributed by atoms with Crippen LogP contribution >= 0.6 is 0 Å². The van der Waals surface area contributed by atoms with E-state index >= 15 is 0 Å². The van der Waals surface area contributed by atoms with E-state index in [0.717, 1.165) is 50.9 Å². The summed E-state index contributed by atoms with van der Waals surface area (Å²) in [6.45, 7) is 0. The highest BCUT2D eigenvalue weighted by Gasteiger charge is 2.24. The number of nitrogens with zero attached hydrogens (tertiary/aromatic N) is 2. The third kappa shape index (κ3) is 4.90. The van der Waals surface area contributed by atoms with Gasteiger partial charge in [0.2, 0.25) is 0 Å². The van der Waals surface area contributed by atoms with Crippen molar-refractivity contribution < 1.29 is 4.74 Å². The van der Waals surface area contributed by atoms with Gasteiger partial charge in [-0.1, -0.05) is 133 Å². The van der Waals surface area contributed by atoms with Gasteiger partial charge in [0.1, 0.15) is 0 Å². The van der Waals surface area contributed by atoms with Gasteiger partial charge < -0.3 is 14.2 Å². The van der Waals surface area contributed by atoms with Crippen LogP contribution in [0.1, 0.15) is 0 Å². The summed E-state index contributed by atoms with van der Waals surface area (Å²) >= 11 is 0. The molecular formula is C48H32N2O. The first kappa shape index (κ1) is 29.1. The van der Waals surface area contributed by atoms with Crippen molar-refractivity contribution in [1.82, 2.24) is 4.57 Å². The maximum atomic E-state index is 6.56. The molecule has 0 spiro atoms. The fraction of sp³-hybridized carbons (Fsp3) is 0. The quantitative estimate of drug-likeness (QED) is 0.178. The summed E-state index contributed by atoms with van der Waals surface area (Å²) < 4.78 is 8.91. The SMILES string of the molecule is c1ccc(-c2ccccc2-c2ccc(N(c3ccccc3)c3ccc(-c4ccc5c(c4)Oc4cccc6c7ccccc7n-5c46)cc3)cc2)cc1. The van der Waals surface area contributed by atoms with Crippen LogP contribution in [0.3, 0.4) is 0 Å². The van der Waals surface area contributed by atoms with Crippen molar-refractivity contribution in [2.75, 3.05) is 4.90 Å². The Hall–Kier alpha value is -6.84. The van der Waals surface area contributed by atoms with Gasteiger partial charge in [0.05, 0.1) is 16.7 Å². The summed E-state index contributed by atoms with van der Waals surface area (Å²) in [5, 5.41) is 2.45. The Morgan fingerprint density at radius 2 is 0.922 bits per heavy atom. The van der Waals surface area contributed by atoms with Crippen LogP contribution in [0.15, 0.2) is 194 Å². The molecular weight excluding hydrogens is 621 g/mol. The number of benzene rings is 8. The van der Waals surface area contributed by atoms with Crippen molar-refractivity contribution in [1.29, 1.82) is 0 Å². The molecule has 0 amide bonds. The lowest BCUT2D eigenvalue weighted by Gasteiger charge is -2.26. The minimum atomic E-state index is 0.859. The van der Waals surface area contributed by atoms with Gasteiger partial charge in [0.25, 0.3) is 0 Å². The number of hydrogen-bond acceptors (Lipinski definition) is 2. The molecule has 0 unspecified atom stereocenters. The molecule has 2 heterocycles. The molecule has 240 valence electrons. The van der Waals surface area contributed by atoms with Gasteiger partial charge >= 0.3 is 0 Å². The third-order valence-electron chi connectivity index (χ3n) is 10.00. The summed E-state index contributed by atoms with van der Waals surface area (Å²) in [7, 11) is 0. The van der Waals surface area contributed by atoms with E-state index in [1.807, 2.05) is 0 Å². The number of fused-ring (bicyclic) bond motifs is 5. The maximum Gasteiger partial charge on any atom is 0.152 e. The van der Waals surface area contributed by atoms with Crippen molar-refractivity contribution in [2.24, 2.45) is 0 Å². The first-order valence-electron chi connectivity index (χ1n) is 17.4. The van der Waals surface area contributed by atoms with E-state index in [1.54, 1.807) is 0 Å². The largest absolute Gasteiger partial charge is 0.453 e. The second kappa shape index (κ2) is 11.9. The first-order valence-corrected chi connectivity index (χ1v) is 17.4. The molecule has 0 N–H and O–H groups in total. The summed E-state index contributed by atoms with van der Waals surface area (Å²) in [5.41, 5.74) is 13.8. The van der Waals surface area contributed by atoms with Crippen molar-refractivity contribution in [3.63, 3.8) is 0 Å². The van der Waals surface area contributed by atoms with Crippen LogP contribution in [-0.2, 0) is 0 Å². The minimum Gasteiger partial charge on any atom is -0.453 e. The normalized spacial score (nSPS) is 11.7. The van der Waals surface area contributed by atoms with Crippen LogP contribution in [0.5, 0.6) is 11.5 Å². The number of para-hydroxylation sites is 3. The predicted molar refractivity (Wildman–Crippen MR) is 212 cm³/mol. The van der Waals surface area contributed by atoms with Gasteiger partial charge in [0, 0.05) is 27.8 Å². The summed E-state index contributed by atoms with van der Waals surface area (Å²) in [5.74, 6) is 1.74. The monoisotopic (exact) mass is 652 g/mol. The lowest BCUT2D eigenvalue weighted by molar-refractivity contribution is 0.476. The number of rotatable bonds is 6. The van der Waals surface area contributed by atoms with Crippen molar-refractivity contribution in [3.8, 4) is 50.6 Å². The van der Waals surface area contributed by atoms with Crippen LogP contribution in [0.4, 0.5) is 17.1 Å². The molecule has 1 aromatic heterocycles. The number of aromatic nitrogens is 1. The van der Waals surface area contributed by atoms with Gasteiger partial charge in [-0.15, -0.1) is 0 Å². The summed E-state index contributed by atoms with van der Waals surface area (Å²) in [4.78, 5) is 2.31. The third-order valence-corrected chi connectivity index (χ3v) is 10.00. The molecule has 3 heteroatoms. The minimum absolute atomic E-state index is 0.859. The van der Waals surface area contributed by atoms with Crippen molar-refractivity contribution in [3.05, 3.63) is 194 Å². The molecule has 0 fully saturated rings. The van der Waals surface area contributed by atoms with E-state index in [-0.39, 0.29) is 0 Å². The Morgan fingerprint density at radius 3 is 1.65 bits per heavy atom. The van der Waals surface area contributed by atoms with Crippen LogP contribution in [-0.4, -0.2) is 4.57 Å². The van der Waals surface area contributed by atoms with Gasteiger partial charge in [0.15, 0.2) is 11.5 Å². The highest BCUT2D eigenvalue weighted by Crippen LogP contribution is 2.46. The molecule has 8 aromatic carbocycles. The van der Waals surface area contributed by atoms with E-state index < -0.39 is 0 Å². The smallest absolute Gasteiger partial charge is 0.152 e. The molecule has 1 aliphatic heterocycles. The molecule has 0 saturated heterocycles. The zero-order valence-electron chi connectivity index (χ0n) is 27.8. The molecule has 0 saturated carbocycles. The zero-order valence-corrected chi connectivity index (χ0v) is 27.8. The molecule has 51 heavy (non-hydrogen) atoms. The molecule has 9 aromatic rings. The highest BCUT2D eigenvalue weighted by atomic mass is 16.5. The van der Waals surface area contributed by atoms with E-state index in [2.05, 4.69) is 204 Å². The Kier molecular flexibility index (Phi) is 6.81. The van der Waals surface area contributed by atoms with Gasteiger partial charge in [-0.3, -0.25) is 0 Å². The second-order valence-electron chi connectivity index (χ2n) is 13.0. The highest BCUT2D eigenvalue weighted by molar-refractivity contribution is 6.12. The Balaban J connectivity index is 0.998. The van der Waals surface area contributed by atoms with Crippen molar-refractivity contribution in [2.45, 2.75) is 0 Å². The standard InChI is InChI=1S/C48H32N2O/c1-3-12-34(13-4-1)40-16-7-8-17-41(40)35-24-29-39(30-25-35)49(37-14-5-2-6-15-37)38-27-22-33(23-28-38)36-26-31-45-47(32-36)51-46-21-11-19-43-42-18-9-10-20-44(42)50(45)48(43)46/h1-32H. The van der Waals surface area contributed by atoms with Gasteiger partial charge in [-0.2, -0.15) is 0 Å². The van der Waals surface area contributed by atoms with Crippen LogP contribution in [0.2, 0.25) is 0 Å². The molecule has 1 aliphatic rings. The molecule has 0 bridgehead atoms. The van der Waals surface area contributed by atoms with Gasteiger partial charge in [-0.05, 0) is 94.0 Å². The van der Waals surface area contributed by atoms with E-state index in [0.29, 0.717) is 0 Å². The molecule has 0 radical (unpaired) electrons. The van der Waals surface area contributed by atoms with Crippen molar-refractivity contribution >= 4 is 38.9 Å². The van der Waals surface area contributed by atoms with E-state index in [4.69, 9.17) is 4.74 Å². The Labute approximate surface area is 296 Å². The summed E-state index contributed by atoms with van der Waals surface area (Å²) in [6, 6.07) is 69.0. The Bertz CT molecular complexity index is 2690. The average molecular weight is 653 g/mol. The van der Waals surface area contributed by atoms with Crippen LogP contribution in [0.25, 0.3) is 60.9 Å².